The van der Waals surface area contributed by atoms with Crippen molar-refractivity contribution >= 4 is 0 Å². The second-order valence-corrected chi connectivity index (χ2v) is 6.33. The minimum Gasteiger partial charge on any atom is -0.353 e. The number of unbranched alkanes of at least 4 members (excludes halogenated alkanes) is 5. The Kier molecular flexibility index (Phi) is 11.5. The molecule has 0 aliphatic carbocycles. The Morgan fingerprint density at radius 1 is 0.750 bits per heavy atom. The van der Waals surface area contributed by atoms with Crippen LogP contribution in [0.5, 0.6) is 0 Å². The molecule has 0 N–H and O–H groups in total. The number of hydrogen-bond donors (Lipinski definition) is 0. The summed E-state index contributed by atoms with van der Waals surface area (Å²) in [6.45, 7) is 8.93. The van der Waals surface area contributed by atoms with E-state index in [4.69, 9.17) is 9.47 Å². The Morgan fingerprint density at radius 3 is 1.75 bits per heavy atom. The Bertz CT molecular complexity index is 209. The first-order valence-corrected chi connectivity index (χ1v) is 8.69. The molecular formula is C18H38O2. The van der Waals surface area contributed by atoms with Gasteiger partial charge in [0.2, 0.25) is 0 Å². The van der Waals surface area contributed by atoms with Gasteiger partial charge in [0.1, 0.15) is 0 Å². The molecule has 0 bridgehead atoms. The molecule has 20 heavy (non-hydrogen) atoms. The van der Waals surface area contributed by atoms with Crippen LogP contribution in [-0.2, 0) is 9.47 Å². The van der Waals surface area contributed by atoms with Crippen LogP contribution in [0.3, 0.4) is 0 Å². The van der Waals surface area contributed by atoms with Gasteiger partial charge in [0, 0.05) is 26.1 Å². The van der Waals surface area contributed by atoms with Crippen LogP contribution >= 0.6 is 0 Å². The molecule has 0 heterocycles. The van der Waals surface area contributed by atoms with Crippen LogP contribution in [0, 0.1) is 11.8 Å². The van der Waals surface area contributed by atoms with Crippen molar-refractivity contribution in [1.82, 2.24) is 0 Å². The predicted octanol–water partition coefficient (Wildman–Crippen LogP) is 5.80. The lowest BCUT2D eigenvalue weighted by atomic mass is 9.82. The van der Waals surface area contributed by atoms with Gasteiger partial charge in [-0.25, -0.2) is 0 Å². The van der Waals surface area contributed by atoms with Gasteiger partial charge < -0.3 is 9.47 Å². The van der Waals surface area contributed by atoms with Gasteiger partial charge in [-0.1, -0.05) is 72.6 Å². The lowest BCUT2D eigenvalue weighted by Crippen LogP contribution is -2.46. The monoisotopic (exact) mass is 286 g/mol. The minimum absolute atomic E-state index is 0.383. The summed E-state index contributed by atoms with van der Waals surface area (Å²) in [5.74, 6) is 0.488. The zero-order valence-electron chi connectivity index (χ0n) is 14.8. The molecule has 0 aliphatic rings. The van der Waals surface area contributed by atoms with E-state index in [1.54, 1.807) is 14.2 Å². The summed E-state index contributed by atoms with van der Waals surface area (Å²) in [7, 11) is 3.60. The van der Waals surface area contributed by atoms with E-state index in [0.717, 1.165) is 0 Å². The van der Waals surface area contributed by atoms with Crippen LogP contribution in [0.4, 0.5) is 0 Å². The van der Waals surface area contributed by atoms with Crippen molar-refractivity contribution in [3.05, 3.63) is 0 Å². The summed E-state index contributed by atoms with van der Waals surface area (Å²) in [5.41, 5.74) is 0. The quantitative estimate of drug-likeness (QED) is 0.315. The van der Waals surface area contributed by atoms with Gasteiger partial charge in [0.15, 0.2) is 5.79 Å². The third-order valence-electron chi connectivity index (χ3n) is 4.56. The van der Waals surface area contributed by atoms with E-state index >= 15 is 0 Å². The summed E-state index contributed by atoms with van der Waals surface area (Å²) < 4.78 is 11.7. The fourth-order valence-electron chi connectivity index (χ4n) is 3.43. The molecule has 0 aliphatic heterocycles. The highest BCUT2D eigenvalue weighted by Crippen LogP contribution is 2.37. The van der Waals surface area contributed by atoms with E-state index in [0.29, 0.717) is 11.8 Å². The summed E-state index contributed by atoms with van der Waals surface area (Å²) in [4.78, 5) is 0. The van der Waals surface area contributed by atoms with E-state index in [1.165, 1.54) is 57.8 Å². The first kappa shape index (κ1) is 19.9. The molecule has 0 spiro atoms. The Labute approximate surface area is 127 Å². The molecule has 0 saturated carbocycles. The molecule has 2 nitrogen and oxygen atoms in total. The molecule has 0 aromatic rings. The van der Waals surface area contributed by atoms with Crippen LogP contribution in [0.2, 0.25) is 0 Å². The topological polar surface area (TPSA) is 18.5 Å². The van der Waals surface area contributed by atoms with Crippen molar-refractivity contribution in [2.45, 2.75) is 91.3 Å². The molecule has 2 heteroatoms. The molecule has 0 fully saturated rings. The Hall–Kier alpha value is -0.0800. The molecule has 0 saturated heterocycles. The van der Waals surface area contributed by atoms with Gasteiger partial charge >= 0.3 is 0 Å². The lowest BCUT2D eigenvalue weighted by molar-refractivity contribution is -0.268. The highest BCUT2D eigenvalue weighted by Gasteiger charge is 2.41. The van der Waals surface area contributed by atoms with Crippen molar-refractivity contribution < 1.29 is 9.47 Å². The standard InChI is InChI=1S/C18H38O2/c1-7-9-10-11-12-13-15-17(14-8-2)18(19-5,20-6)16(3)4/h16-17H,7-15H2,1-6H3. The maximum Gasteiger partial charge on any atom is 0.172 e. The van der Waals surface area contributed by atoms with Crippen LogP contribution in [0.1, 0.15) is 85.5 Å². The summed E-state index contributed by atoms with van der Waals surface area (Å²) in [6.07, 6.45) is 11.7. The summed E-state index contributed by atoms with van der Waals surface area (Å²) in [5, 5.41) is 0. The van der Waals surface area contributed by atoms with Gasteiger partial charge in [-0.15, -0.1) is 0 Å². The Morgan fingerprint density at radius 2 is 1.30 bits per heavy atom. The largest absolute Gasteiger partial charge is 0.353 e. The number of methoxy groups -OCH3 is 2. The molecule has 0 rings (SSSR count). The van der Waals surface area contributed by atoms with E-state index in [-0.39, 0.29) is 0 Å². The first-order valence-electron chi connectivity index (χ1n) is 8.69. The molecule has 0 aromatic carbocycles. The van der Waals surface area contributed by atoms with Crippen molar-refractivity contribution in [1.29, 1.82) is 0 Å². The predicted molar refractivity (Wildman–Crippen MR) is 88.0 cm³/mol. The van der Waals surface area contributed by atoms with Crippen LogP contribution in [0.15, 0.2) is 0 Å². The van der Waals surface area contributed by atoms with E-state index in [9.17, 15) is 0 Å². The zero-order valence-corrected chi connectivity index (χ0v) is 14.8. The number of ether oxygens (including phenoxy) is 2. The second-order valence-electron chi connectivity index (χ2n) is 6.33. The van der Waals surface area contributed by atoms with Crippen molar-refractivity contribution in [2.24, 2.45) is 11.8 Å². The highest BCUT2D eigenvalue weighted by molar-refractivity contribution is 4.82. The van der Waals surface area contributed by atoms with Crippen LogP contribution in [0.25, 0.3) is 0 Å². The smallest absolute Gasteiger partial charge is 0.172 e. The fraction of sp³-hybridized carbons (Fsp3) is 1.00. The maximum absolute atomic E-state index is 5.84. The van der Waals surface area contributed by atoms with Crippen molar-refractivity contribution in [3.8, 4) is 0 Å². The average molecular weight is 286 g/mol. The molecule has 0 radical (unpaired) electrons. The van der Waals surface area contributed by atoms with E-state index < -0.39 is 5.79 Å². The van der Waals surface area contributed by atoms with Crippen molar-refractivity contribution in [3.63, 3.8) is 0 Å². The highest BCUT2D eigenvalue weighted by atomic mass is 16.7. The van der Waals surface area contributed by atoms with Gasteiger partial charge in [0.25, 0.3) is 0 Å². The molecule has 1 unspecified atom stereocenters. The number of hydrogen-bond acceptors (Lipinski definition) is 2. The van der Waals surface area contributed by atoms with E-state index in [1.807, 2.05) is 0 Å². The molecular weight excluding hydrogens is 248 g/mol. The third kappa shape index (κ3) is 6.13. The maximum atomic E-state index is 5.84. The van der Waals surface area contributed by atoms with E-state index in [2.05, 4.69) is 27.7 Å². The second kappa shape index (κ2) is 11.6. The molecule has 0 aromatic heterocycles. The normalized spacial score (nSPS) is 13.9. The summed E-state index contributed by atoms with van der Waals surface area (Å²) >= 11 is 0. The first-order chi connectivity index (χ1) is 9.58. The van der Waals surface area contributed by atoms with Crippen molar-refractivity contribution in [2.75, 3.05) is 14.2 Å². The minimum atomic E-state index is -0.403. The fourth-order valence-corrected chi connectivity index (χ4v) is 3.43. The Balaban J connectivity index is 4.38. The van der Waals surface area contributed by atoms with Gasteiger partial charge in [-0.3, -0.25) is 0 Å². The van der Waals surface area contributed by atoms with Crippen LogP contribution in [-0.4, -0.2) is 20.0 Å². The third-order valence-corrected chi connectivity index (χ3v) is 4.56. The summed E-state index contributed by atoms with van der Waals surface area (Å²) in [6, 6.07) is 0. The molecule has 122 valence electrons. The molecule has 0 amide bonds. The molecule has 1 atom stereocenters. The van der Waals surface area contributed by atoms with Crippen LogP contribution < -0.4 is 0 Å². The average Bonchev–Trinajstić information content (AvgIpc) is 2.44. The van der Waals surface area contributed by atoms with Gasteiger partial charge in [-0.05, 0) is 12.8 Å². The van der Waals surface area contributed by atoms with Gasteiger partial charge in [0.05, 0.1) is 0 Å². The lowest BCUT2D eigenvalue weighted by Gasteiger charge is -2.41. The number of rotatable bonds is 13. The zero-order chi connectivity index (χ0) is 15.4. The van der Waals surface area contributed by atoms with Gasteiger partial charge in [-0.2, -0.15) is 0 Å². The SMILES string of the molecule is CCCCCCCCC(CCC)C(OC)(OC)C(C)C.